The Labute approximate surface area is 129 Å². The van der Waals surface area contributed by atoms with Crippen LogP contribution in [0.15, 0.2) is 6.07 Å². The van der Waals surface area contributed by atoms with Gasteiger partial charge in [-0.1, -0.05) is 20.8 Å². The van der Waals surface area contributed by atoms with E-state index in [-0.39, 0.29) is 0 Å². The second-order valence-corrected chi connectivity index (χ2v) is 5.33. The van der Waals surface area contributed by atoms with Gasteiger partial charge in [0, 0.05) is 38.2 Å². The summed E-state index contributed by atoms with van der Waals surface area (Å²) < 4.78 is 5.46. The van der Waals surface area contributed by atoms with Crippen molar-refractivity contribution in [3.05, 3.63) is 11.9 Å². The number of anilines is 2. The summed E-state index contributed by atoms with van der Waals surface area (Å²) in [6.07, 6.45) is 1.08. The van der Waals surface area contributed by atoms with Gasteiger partial charge in [-0.3, -0.25) is 0 Å². The lowest BCUT2D eigenvalue weighted by Crippen LogP contribution is -2.28. The number of nitrogens with one attached hydrogen (secondary N) is 1. The van der Waals surface area contributed by atoms with Crippen molar-refractivity contribution in [1.82, 2.24) is 9.97 Å². The molecule has 0 bridgehead atoms. The van der Waals surface area contributed by atoms with Crippen LogP contribution in [-0.2, 0) is 4.74 Å². The van der Waals surface area contributed by atoms with Crippen molar-refractivity contribution in [1.29, 1.82) is 0 Å². The molecule has 0 spiro atoms. The van der Waals surface area contributed by atoms with Gasteiger partial charge in [0.15, 0.2) is 0 Å². The largest absolute Gasteiger partial charge is 0.380 e. The number of aromatic nitrogens is 2. The topological polar surface area (TPSA) is 50.3 Å². The Kier molecular flexibility index (Phi) is 8.05. The molecule has 0 radical (unpaired) electrons. The summed E-state index contributed by atoms with van der Waals surface area (Å²) in [5.41, 5.74) is 0. The molecule has 0 unspecified atom stereocenters. The van der Waals surface area contributed by atoms with Crippen molar-refractivity contribution in [2.24, 2.45) is 0 Å². The van der Waals surface area contributed by atoms with Crippen LogP contribution in [0.4, 0.5) is 11.6 Å². The van der Waals surface area contributed by atoms with Gasteiger partial charge >= 0.3 is 0 Å². The molecule has 0 amide bonds. The van der Waals surface area contributed by atoms with Crippen LogP contribution in [0.2, 0.25) is 0 Å². The van der Waals surface area contributed by atoms with E-state index in [1.54, 1.807) is 0 Å². The van der Waals surface area contributed by atoms with E-state index in [1.165, 1.54) is 0 Å². The van der Waals surface area contributed by atoms with E-state index in [0.29, 0.717) is 5.92 Å². The molecule has 1 aromatic heterocycles. The number of hydrogen-bond donors (Lipinski definition) is 1. The smallest absolute Gasteiger partial charge is 0.135 e. The summed E-state index contributed by atoms with van der Waals surface area (Å²) >= 11 is 0. The molecule has 1 heterocycles. The van der Waals surface area contributed by atoms with Gasteiger partial charge < -0.3 is 15.0 Å². The lowest BCUT2D eigenvalue weighted by atomic mass is 10.2. The van der Waals surface area contributed by atoms with E-state index in [9.17, 15) is 0 Å². The number of likely N-dealkylation sites (N-methyl/N-ethyl adjacent to an activating group) is 1. The highest BCUT2D eigenvalue weighted by Crippen LogP contribution is 2.20. The van der Waals surface area contributed by atoms with Crippen LogP contribution < -0.4 is 10.2 Å². The maximum Gasteiger partial charge on any atom is 0.135 e. The lowest BCUT2D eigenvalue weighted by molar-refractivity contribution is 0.154. The molecule has 120 valence electrons. The van der Waals surface area contributed by atoms with E-state index in [1.807, 2.05) is 13.0 Å². The number of ether oxygens (including phenoxy) is 1. The van der Waals surface area contributed by atoms with E-state index in [2.05, 4.69) is 42.9 Å². The Morgan fingerprint density at radius 3 is 2.57 bits per heavy atom. The number of rotatable bonds is 10. The second-order valence-electron chi connectivity index (χ2n) is 5.33. The highest BCUT2D eigenvalue weighted by molar-refractivity contribution is 5.49. The number of nitrogens with zero attached hydrogens (tertiary/aromatic N) is 3. The SMILES string of the molecule is CCCNc1cc(N(CC)CCOCC)nc(C(C)C)n1. The number of hydrogen-bond acceptors (Lipinski definition) is 5. The van der Waals surface area contributed by atoms with Crippen molar-refractivity contribution in [3.8, 4) is 0 Å². The first-order chi connectivity index (χ1) is 10.1. The molecule has 0 saturated heterocycles. The standard InChI is InChI=1S/C16H30N4O/c1-6-9-17-14-12-15(19-16(18-14)13(4)5)20(7-2)10-11-21-8-3/h12-13H,6-11H2,1-5H3,(H,17,18,19). The molecule has 0 atom stereocenters. The normalized spacial score (nSPS) is 11.0. The monoisotopic (exact) mass is 294 g/mol. The highest BCUT2D eigenvalue weighted by Gasteiger charge is 2.12. The van der Waals surface area contributed by atoms with Gasteiger partial charge in [0.1, 0.15) is 17.5 Å². The molecule has 0 aliphatic rings. The van der Waals surface area contributed by atoms with Gasteiger partial charge in [-0.15, -0.1) is 0 Å². The fourth-order valence-electron chi connectivity index (χ4n) is 1.97. The maximum atomic E-state index is 5.46. The molecule has 1 aromatic rings. The second kappa shape index (κ2) is 9.55. The quantitative estimate of drug-likeness (QED) is 0.671. The molecule has 5 heteroatoms. The summed E-state index contributed by atoms with van der Waals surface area (Å²) in [5, 5.41) is 3.37. The van der Waals surface area contributed by atoms with Crippen molar-refractivity contribution in [2.75, 3.05) is 43.1 Å². The molecular weight excluding hydrogens is 264 g/mol. The maximum absolute atomic E-state index is 5.46. The Morgan fingerprint density at radius 1 is 1.24 bits per heavy atom. The van der Waals surface area contributed by atoms with Crippen molar-refractivity contribution in [3.63, 3.8) is 0 Å². The van der Waals surface area contributed by atoms with Gasteiger partial charge in [0.05, 0.1) is 6.61 Å². The molecule has 21 heavy (non-hydrogen) atoms. The minimum Gasteiger partial charge on any atom is -0.380 e. The third kappa shape index (κ3) is 5.87. The van der Waals surface area contributed by atoms with E-state index < -0.39 is 0 Å². The third-order valence-electron chi connectivity index (χ3n) is 3.22. The van der Waals surface area contributed by atoms with Gasteiger partial charge in [-0.2, -0.15) is 0 Å². The zero-order valence-electron chi connectivity index (χ0n) is 14.1. The molecular formula is C16H30N4O. The van der Waals surface area contributed by atoms with Gasteiger partial charge in [-0.25, -0.2) is 9.97 Å². The molecule has 1 rings (SSSR count). The molecule has 0 aromatic carbocycles. The Bertz CT molecular complexity index is 409. The fourth-order valence-corrected chi connectivity index (χ4v) is 1.97. The lowest BCUT2D eigenvalue weighted by Gasteiger charge is -2.23. The summed E-state index contributed by atoms with van der Waals surface area (Å²) in [6.45, 7) is 14.7. The first-order valence-corrected chi connectivity index (χ1v) is 8.07. The summed E-state index contributed by atoms with van der Waals surface area (Å²) in [7, 11) is 0. The molecule has 0 saturated carbocycles. The molecule has 1 N–H and O–H groups in total. The van der Waals surface area contributed by atoms with Gasteiger partial charge in [-0.05, 0) is 20.3 Å². The zero-order chi connectivity index (χ0) is 15.7. The van der Waals surface area contributed by atoms with Gasteiger partial charge in [0.25, 0.3) is 0 Å². The Balaban J connectivity index is 2.93. The first-order valence-electron chi connectivity index (χ1n) is 8.07. The van der Waals surface area contributed by atoms with Crippen molar-refractivity contribution >= 4 is 11.6 Å². The minimum atomic E-state index is 0.317. The zero-order valence-corrected chi connectivity index (χ0v) is 14.1. The van der Waals surface area contributed by atoms with E-state index in [0.717, 1.165) is 56.7 Å². The van der Waals surface area contributed by atoms with Crippen LogP contribution in [0, 0.1) is 0 Å². The molecule has 0 fully saturated rings. The first kappa shape index (κ1) is 17.7. The summed E-state index contributed by atoms with van der Waals surface area (Å²) in [4.78, 5) is 11.6. The predicted molar refractivity (Wildman–Crippen MR) is 89.3 cm³/mol. The Hall–Kier alpha value is -1.36. The fraction of sp³-hybridized carbons (Fsp3) is 0.750. The Morgan fingerprint density at radius 2 is 2.00 bits per heavy atom. The average molecular weight is 294 g/mol. The highest BCUT2D eigenvalue weighted by atomic mass is 16.5. The molecule has 0 aliphatic carbocycles. The summed E-state index contributed by atoms with van der Waals surface area (Å²) in [6, 6.07) is 2.04. The van der Waals surface area contributed by atoms with Crippen LogP contribution in [-0.4, -0.2) is 42.8 Å². The van der Waals surface area contributed by atoms with Gasteiger partial charge in [0.2, 0.25) is 0 Å². The summed E-state index contributed by atoms with van der Waals surface area (Å²) in [5.74, 6) is 3.11. The van der Waals surface area contributed by atoms with Crippen LogP contribution in [0.1, 0.15) is 52.8 Å². The van der Waals surface area contributed by atoms with Crippen molar-refractivity contribution in [2.45, 2.75) is 47.0 Å². The van der Waals surface area contributed by atoms with Crippen LogP contribution in [0.5, 0.6) is 0 Å². The third-order valence-corrected chi connectivity index (χ3v) is 3.22. The molecule has 0 aliphatic heterocycles. The average Bonchev–Trinajstić information content (AvgIpc) is 2.49. The van der Waals surface area contributed by atoms with E-state index in [4.69, 9.17) is 9.72 Å². The van der Waals surface area contributed by atoms with Crippen molar-refractivity contribution < 1.29 is 4.74 Å². The van der Waals surface area contributed by atoms with E-state index >= 15 is 0 Å². The van der Waals surface area contributed by atoms with Crippen LogP contribution >= 0.6 is 0 Å². The minimum absolute atomic E-state index is 0.317. The molecule has 5 nitrogen and oxygen atoms in total. The van der Waals surface area contributed by atoms with Crippen LogP contribution in [0.3, 0.4) is 0 Å². The predicted octanol–water partition coefficient (Wildman–Crippen LogP) is 3.28. The van der Waals surface area contributed by atoms with Crippen LogP contribution in [0.25, 0.3) is 0 Å².